The van der Waals surface area contributed by atoms with Crippen LogP contribution in [-0.4, -0.2) is 15.6 Å². The Morgan fingerprint density at radius 3 is 2.26 bits per heavy atom. The van der Waals surface area contributed by atoms with Crippen LogP contribution in [0.2, 0.25) is 5.02 Å². The fraction of sp³-hybridized carbons (Fsp3) is 0.189. The molecule has 0 bridgehead atoms. The number of allylic oxidation sites excluding steroid dienone is 2. The van der Waals surface area contributed by atoms with E-state index in [1.807, 2.05) is 77.5 Å². The first kappa shape index (κ1) is 27.2. The molecule has 0 saturated heterocycles. The van der Waals surface area contributed by atoms with Gasteiger partial charge in [-0.3, -0.25) is 4.79 Å². The summed E-state index contributed by atoms with van der Waals surface area (Å²) >= 11 is 6.25. The summed E-state index contributed by atoms with van der Waals surface area (Å²) in [6, 6.07) is 36.2. The molecule has 43 heavy (non-hydrogen) atoms. The lowest BCUT2D eigenvalue weighted by Gasteiger charge is -2.38. The fourth-order valence-electron chi connectivity index (χ4n) is 6.30. The molecule has 1 unspecified atom stereocenters. The lowest BCUT2D eigenvalue weighted by atomic mass is 9.69. The first-order valence-electron chi connectivity index (χ1n) is 14.6. The van der Waals surface area contributed by atoms with Crippen molar-refractivity contribution in [3.63, 3.8) is 0 Å². The van der Waals surface area contributed by atoms with Crippen molar-refractivity contribution in [1.29, 1.82) is 0 Å². The van der Waals surface area contributed by atoms with Crippen LogP contribution in [0.25, 0.3) is 16.9 Å². The average molecular weight is 586 g/mol. The van der Waals surface area contributed by atoms with Gasteiger partial charge in [0.1, 0.15) is 18.2 Å². The molecule has 1 aliphatic carbocycles. The second-order valence-corrected chi connectivity index (χ2v) is 12.5. The van der Waals surface area contributed by atoms with Gasteiger partial charge in [-0.15, -0.1) is 0 Å². The summed E-state index contributed by atoms with van der Waals surface area (Å²) < 4.78 is 8.06. The van der Waals surface area contributed by atoms with E-state index in [9.17, 15) is 4.79 Å². The number of carbonyl (C=O) groups excluding carboxylic acids is 1. The maximum absolute atomic E-state index is 14.0. The minimum absolute atomic E-state index is 0.145. The number of anilines is 1. The molecule has 1 aromatic heterocycles. The van der Waals surface area contributed by atoms with Crippen molar-refractivity contribution in [3.05, 3.63) is 142 Å². The van der Waals surface area contributed by atoms with E-state index >= 15 is 0 Å². The summed E-state index contributed by atoms with van der Waals surface area (Å²) in [6.07, 6.45) is 1.28. The predicted octanol–water partition coefficient (Wildman–Crippen LogP) is 8.97. The molecule has 1 aliphatic heterocycles. The molecule has 1 N–H and O–H groups in total. The summed E-state index contributed by atoms with van der Waals surface area (Å²) in [4.78, 5) is 14.0. The molecule has 4 aromatic carbocycles. The summed E-state index contributed by atoms with van der Waals surface area (Å²) in [7, 11) is 0. The van der Waals surface area contributed by atoms with Crippen molar-refractivity contribution in [2.75, 3.05) is 5.32 Å². The van der Waals surface area contributed by atoms with E-state index in [2.05, 4.69) is 55.6 Å². The Labute approximate surface area is 256 Å². The molecule has 2 aliphatic rings. The van der Waals surface area contributed by atoms with Gasteiger partial charge in [0.05, 0.1) is 11.4 Å². The Morgan fingerprint density at radius 1 is 0.884 bits per heavy atom. The van der Waals surface area contributed by atoms with Gasteiger partial charge in [-0.1, -0.05) is 98.2 Å². The number of ether oxygens (including phenoxy) is 1. The molecule has 7 rings (SSSR count). The number of carbonyl (C=O) groups is 1. The predicted molar refractivity (Wildman–Crippen MR) is 172 cm³/mol. The molecule has 5 aromatic rings. The number of ketones is 1. The Bertz CT molecular complexity index is 1820. The Kier molecular flexibility index (Phi) is 6.91. The largest absolute Gasteiger partial charge is 0.489 e. The van der Waals surface area contributed by atoms with Gasteiger partial charge < -0.3 is 10.1 Å². The van der Waals surface area contributed by atoms with Crippen molar-refractivity contribution >= 4 is 23.2 Å². The molecule has 1 atom stereocenters. The van der Waals surface area contributed by atoms with Gasteiger partial charge in [0, 0.05) is 39.8 Å². The minimum atomic E-state index is -0.283. The zero-order valence-electron chi connectivity index (χ0n) is 24.2. The average Bonchev–Trinajstić information content (AvgIpc) is 3.39. The Balaban J connectivity index is 1.38. The first-order chi connectivity index (χ1) is 20.9. The van der Waals surface area contributed by atoms with Crippen LogP contribution in [0.4, 0.5) is 5.82 Å². The molecule has 0 saturated carbocycles. The minimum Gasteiger partial charge on any atom is -0.489 e. The summed E-state index contributed by atoms with van der Waals surface area (Å²) in [5, 5.41) is 9.56. The van der Waals surface area contributed by atoms with Gasteiger partial charge in [0.2, 0.25) is 0 Å². The van der Waals surface area contributed by atoms with Crippen LogP contribution < -0.4 is 10.1 Å². The third kappa shape index (κ3) is 5.26. The topological polar surface area (TPSA) is 56.2 Å². The van der Waals surface area contributed by atoms with Crippen LogP contribution in [0.3, 0.4) is 0 Å². The number of hydrogen-bond acceptors (Lipinski definition) is 4. The Hall–Kier alpha value is -4.61. The maximum Gasteiger partial charge on any atom is 0.162 e. The molecule has 0 fully saturated rings. The van der Waals surface area contributed by atoms with Crippen molar-refractivity contribution in [2.24, 2.45) is 5.41 Å². The van der Waals surface area contributed by atoms with Gasteiger partial charge in [0.25, 0.3) is 0 Å². The number of benzene rings is 4. The smallest absolute Gasteiger partial charge is 0.162 e. The quantitative estimate of drug-likeness (QED) is 0.216. The van der Waals surface area contributed by atoms with Crippen molar-refractivity contribution in [1.82, 2.24) is 9.78 Å². The van der Waals surface area contributed by atoms with Crippen LogP contribution in [-0.2, 0) is 11.4 Å². The van der Waals surface area contributed by atoms with Gasteiger partial charge >= 0.3 is 0 Å². The molecule has 214 valence electrons. The van der Waals surface area contributed by atoms with Gasteiger partial charge in [-0.05, 0) is 59.4 Å². The van der Waals surface area contributed by atoms with Crippen LogP contribution in [0.15, 0.2) is 120 Å². The molecular weight excluding hydrogens is 554 g/mol. The number of aromatic nitrogens is 2. The van der Waals surface area contributed by atoms with Gasteiger partial charge in [-0.2, -0.15) is 5.10 Å². The molecule has 5 nitrogen and oxygen atoms in total. The first-order valence-corrected chi connectivity index (χ1v) is 15.0. The second-order valence-electron chi connectivity index (χ2n) is 12.1. The van der Waals surface area contributed by atoms with Crippen molar-refractivity contribution < 1.29 is 9.53 Å². The summed E-state index contributed by atoms with van der Waals surface area (Å²) in [5.74, 6) is 1.55. The monoisotopic (exact) mass is 585 g/mol. The highest BCUT2D eigenvalue weighted by Gasteiger charge is 2.43. The van der Waals surface area contributed by atoms with Crippen LogP contribution in [0, 0.1) is 5.41 Å². The van der Waals surface area contributed by atoms with E-state index in [0.717, 1.165) is 62.9 Å². The van der Waals surface area contributed by atoms with E-state index < -0.39 is 0 Å². The van der Waals surface area contributed by atoms with E-state index in [0.29, 0.717) is 18.1 Å². The molecule has 0 spiro atoms. The third-order valence-corrected chi connectivity index (χ3v) is 8.52. The van der Waals surface area contributed by atoms with Crippen LogP contribution in [0.1, 0.15) is 49.3 Å². The van der Waals surface area contributed by atoms with E-state index in [-0.39, 0.29) is 17.1 Å². The van der Waals surface area contributed by atoms with E-state index in [4.69, 9.17) is 21.4 Å². The zero-order valence-corrected chi connectivity index (χ0v) is 24.9. The number of fused-ring (bicyclic) bond motifs is 1. The molecule has 0 radical (unpaired) electrons. The SMILES string of the molecule is CC1(C)CC(=O)C2=C(C1)Nc1c(c(-c3ccccc3)nn1-c1ccc(Cl)cc1)C2c1ccc(OCc2ccccc2)cc1. The second kappa shape index (κ2) is 10.9. The fourth-order valence-corrected chi connectivity index (χ4v) is 6.43. The highest BCUT2D eigenvalue weighted by atomic mass is 35.5. The number of Topliss-reactive ketones (excluding diaryl/α,β-unsaturated/α-hetero) is 1. The van der Waals surface area contributed by atoms with Gasteiger partial charge in [-0.25, -0.2) is 4.68 Å². The molecule has 0 amide bonds. The van der Waals surface area contributed by atoms with E-state index in [1.54, 1.807) is 0 Å². The van der Waals surface area contributed by atoms with Crippen LogP contribution in [0.5, 0.6) is 5.75 Å². The standard InChI is InChI=1S/C37H32ClN3O2/c1-37(2)21-30-33(31(42)22-37)32(25-13-19-29(20-14-25)43-23-24-9-5-3-6-10-24)34-35(26-11-7-4-8-12-26)40-41(36(34)39-30)28-17-15-27(38)16-18-28/h3-20,32,39H,21-23H2,1-2H3. The lowest BCUT2D eigenvalue weighted by Crippen LogP contribution is -2.34. The molecule has 2 heterocycles. The molecule has 6 heteroatoms. The number of nitrogens with one attached hydrogen (secondary N) is 1. The maximum atomic E-state index is 14.0. The number of hydrogen-bond donors (Lipinski definition) is 1. The summed E-state index contributed by atoms with van der Waals surface area (Å²) in [6.45, 7) is 4.81. The lowest BCUT2D eigenvalue weighted by molar-refractivity contribution is -0.118. The van der Waals surface area contributed by atoms with Crippen molar-refractivity contribution in [2.45, 2.75) is 39.2 Å². The highest BCUT2D eigenvalue weighted by Crippen LogP contribution is 2.52. The van der Waals surface area contributed by atoms with Gasteiger partial charge in [0.15, 0.2) is 5.78 Å². The normalized spacial score (nSPS) is 17.2. The zero-order chi connectivity index (χ0) is 29.6. The summed E-state index contributed by atoms with van der Waals surface area (Å²) in [5.41, 5.74) is 7.52. The number of nitrogens with zero attached hydrogens (tertiary/aromatic N) is 2. The Morgan fingerprint density at radius 2 is 1.56 bits per heavy atom. The third-order valence-electron chi connectivity index (χ3n) is 8.27. The highest BCUT2D eigenvalue weighted by molar-refractivity contribution is 6.30. The molecular formula is C37H32ClN3O2. The number of rotatable bonds is 6. The number of halogens is 1. The van der Waals surface area contributed by atoms with Crippen molar-refractivity contribution in [3.8, 4) is 22.7 Å². The van der Waals surface area contributed by atoms with E-state index in [1.165, 1.54) is 0 Å². The van der Waals surface area contributed by atoms with Crippen LogP contribution >= 0.6 is 11.6 Å².